The van der Waals surface area contributed by atoms with Crippen molar-refractivity contribution in [2.45, 2.75) is 71.9 Å². The van der Waals surface area contributed by atoms with E-state index >= 15 is 0 Å². The number of allylic oxidation sites excluding steroid dienone is 1. The summed E-state index contributed by atoms with van der Waals surface area (Å²) in [4.78, 5) is 28.9. The summed E-state index contributed by atoms with van der Waals surface area (Å²) in [5.74, 6) is -4.86. The van der Waals surface area contributed by atoms with Gasteiger partial charge in [-0.25, -0.2) is 17.2 Å². The molecule has 2 aromatic rings. The van der Waals surface area contributed by atoms with Gasteiger partial charge in [0, 0.05) is 50.3 Å². The summed E-state index contributed by atoms with van der Waals surface area (Å²) in [6.45, 7) is 6.50. The number of carbonyl (C=O) groups is 2. The van der Waals surface area contributed by atoms with E-state index in [2.05, 4.69) is 5.32 Å². The maximum Gasteiger partial charge on any atom is 0.249 e. The third-order valence-corrected chi connectivity index (χ3v) is 10.5. The molecule has 0 saturated carbocycles. The number of hydrogen-bond acceptors (Lipinski definition) is 7. The zero-order valence-electron chi connectivity index (χ0n) is 28.1. The van der Waals surface area contributed by atoms with Gasteiger partial charge in [-0.1, -0.05) is 45.0 Å². The molecule has 9 nitrogen and oxygen atoms in total. The van der Waals surface area contributed by atoms with E-state index in [1.807, 2.05) is 45.0 Å². The zero-order valence-corrected chi connectivity index (χ0v) is 28.9. The van der Waals surface area contributed by atoms with Crippen LogP contribution in [0, 0.1) is 23.0 Å². The minimum absolute atomic E-state index is 0.0211. The van der Waals surface area contributed by atoms with Crippen molar-refractivity contribution in [1.29, 1.82) is 0 Å². The van der Waals surface area contributed by atoms with Crippen molar-refractivity contribution in [1.82, 2.24) is 10.2 Å². The number of nitrogens with zero attached hydrogens (tertiary/aromatic N) is 1. The Bertz CT molecular complexity index is 1570. The van der Waals surface area contributed by atoms with E-state index in [0.29, 0.717) is 38.5 Å². The summed E-state index contributed by atoms with van der Waals surface area (Å²) < 4.78 is 56.0. The van der Waals surface area contributed by atoms with Crippen molar-refractivity contribution in [3.05, 3.63) is 93.4 Å². The molecule has 12 heteroatoms. The summed E-state index contributed by atoms with van der Waals surface area (Å²) in [6, 6.07) is 10.7. The molecule has 0 fully saturated rings. The summed E-state index contributed by atoms with van der Waals surface area (Å²) in [7, 11) is -4.14. The lowest BCUT2D eigenvalue weighted by Gasteiger charge is -2.42. The van der Waals surface area contributed by atoms with Gasteiger partial charge in [0.2, 0.25) is 11.8 Å². The molecule has 0 spiro atoms. The molecule has 2 amide bonds. The first-order chi connectivity index (χ1) is 22.8. The fourth-order valence-corrected chi connectivity index (χ4v) is 7.78. The van der Waals surface area contributed by atoms with Crippen LogP contribution in [0.5, 0.6) is 0 Å². The minimum atomic E-state index is -4.14. The number of nitrogens with two attached hydrogens (primary N) is 1. The first kappa shape index (κ1) is 39.0. The van der Waals surface area contributed by atoms with Gasteiger partial charge in [0.15, 0.2) is 9.84 Å². The summed E-state index contributed by atoms with van der Waals surface area (Å²) in [6.07, 6.45) is 2.48. The van der Waals surface area contributed by atoms with Crippen molar-refractivity contribution in [3.63, 3.8) is 0 Å². The highest BCUT2D eigenvalue weighted by molar-refractivity contribution is 7.95. The van der Waals surface area contributed by atoms with Crippen molar-refractivity contribution >= 4 is 21.7 Å². The standard InChI is InChI=1S/C36H49F2N3O6S/c1-4-11-41(12-5-2)34(44)28-19-31(48(46,47)14-8-13-42)22-36(21-28,35(39)45)32(18-27-16-29(37)20-30(38)17-27)33(43)24-40-23-26-10-7-9-25(6-3)15-26/h7,9-10,15-17,19-20,22,32-33,40,42-43H,4-6,8,11-14,18,21,23-24H2,1-3H3,(H2,39,45)/t32-,33+,36?/m1/s1. The van der Waals surface area contributed by atoms with Gasteiger partial charge in [0.25, 0.3) is 0 Å². The number of aliphatic hydroxyl groups is 2. The Balaban J connectivity index is 2.16. The molecule has 0 saturated heterocycles. The van der Waals surface area contributed by atoms with Crippen LogP contribution in [0.4, 0.5) is 8.78 Å². The third kappa shape index (κ3) is 10.0. The Labute approximate surface area is 282 Å². The predicted molar refractivity (Wildman–Crippen MR) is 182 cm³/mol. The Morgan fingerprint density at radius 1 is 1.02 bits per heavy atom. The van der Waals surface area contributed by atoms with Crippen LogP contribution in [0.25, 0.3) is 0 Å². The number of sulfone groups is 1. The highest BCUT2D eigenvalue weighted by atomic mass is 32.2. The molecular weight excluding hydrogens is 640 g/mol. The van der Waals surface area contributed by atoms with E-state index in [4.69, 9.17) is 5.73 Å². The number of aryl methyl sites for hydroxylation is 1. The van der Waals surface area contributed by atoms with E-state index in [9.17, 15) is 37.0 Å². The van der Waals surface area contributed by atoms with E-state index < -0.39 is 63.1 Å². The van der Waals surface area contributed by atoms with Crippen LogP contribution < -0.4 is 11.1 Å². The van der Waals surface area contributed by atoms with Gasteiger partial charge in [-0.3, -0.25) is 9.59 Å². The molecule has 1 unspecified atom stereocenters. The first-order valence-corrected chi connectivity index (χ1v) is 18.2. The lowest BCUT2D eigenvalue weighted by Crippen LogP contribution is -2.52. The molecule has 48 heavy (non-hydrogen) atoms. The number of benzene rings is 2. The summed E-state index contributed by atoms with van der Waals surface area (Å²) in [5, 5.41) is 24.4. The van der Waals surface area contributed by atoms with Crippen LogP contribution in [0.3, 0.4) is 0 Å². The number of carbonyl (C=O) groups excluding carboxylic acids is 2. The third-order valence-electron chi connectivity index (χ3n) is 8.72. The van der Waals surface area contributed by atoms with Crippen LogP contribution in [-0.4, -0.2) is 73.4 Å². The SMILES string of the molecule is CCCN(CCC)C(=O)C1=CC(S(=O)(=O)CCCO)=CC(C(N)=O)([C@H](Cc2cc(F)cc(F)c2)[C@@H](O)CNCc2cccc(CC)c2)C1. The molecule has 0 radical (unpaired) electrons. The van der Waals surface area contributed by atoms with Gasteiger partial charge in [-0.15, -0.1) is 0 Å². The van der Waals surface area contributed by atoms with Gasteiger partial charge in [0.1, 0.15) is 11.6 Å². The molecule has 0 aliphatic heterocycles. The average Bonchev–Trinajstić information content (AvgIpc) is 3.05. The number of hydrogen-bond donors (Lipinski definition) is 4. The molecule has 2 aromatic carbocycles. The number of rotatable bonds is 19. The molecule has 1 aliphatic carbocycles. The number of halogens is 2. The smallest absolute Gasteiger partial charge is 0.249 e. The maximum absolute atomic E-state index is 14.4. The molecule has 1 aliphatic rings. The van der Waals surface area contributed by atoms with Crippen molar-refractivity contribution in [3.8, 4) is 0 Å². The monoisotopic (exact) mass is 689 g/mol. The fraction of sp³-hybridized carbons (Fsp3) is 0.500. The van der Waals surface area contributed by atoms with Crippen molar-refractivity contribution in [2.75, 3.05) is 32.0 Å². The second kappa shape index (κ2) is 17.8. The quantitative estimate of drug-likeness (QED) is 0.174. The van der Waals surface area contributed by atoms with Crippen LogP contribution in [0.2, 0.25) is 0 Å². The van der Waals surface area contributed by atoms with E-state index in [-0.39, 0.29) is 41.8 Å². The highest BCUT2D eigenvalue weighted by Crippen LogP contribution is 2.45. The number of amides is 2. The molecule has 264 valence electrons. The van der Waals surface area contributed by atoms with Crippen LogP contribution in [0.1, 0.15) is 63.1 Å². The minimum Gasteiger partial charge on any atom is -0.396 e. The van der Waals surface area contributed by atoms with Gasteiger partial charge < -0.3 is 26.2 Å². The number of nitrogens with one attached hydrogen (secondary N) is 1. The number of aliphatic hydroxyl groups excluding tert-OH is 2. The molecule has 0 heterocycles. The predicted octanol–water partition coefficient (Wildman–Crippen LogP) is 3.97. The maximum atomic E-state index is 14.4. The molecule has 3 atom stereocenters. The second-order valence-corrected chi connectivity index (χ2v) is 14.6. The Hall–Kier alpha value is -3.45. The van der Waals surface area contributed by atoms with Crippen LogP contribution >= 0.6 is 0 Å². The highest BCUT2D eigenvalue weighted by Gasteiger charge is 2.50. The molecule has 0 aromatic heterocycles. The average molecular weight is 690 g/mol. The van der Waals surface area contributed by atoms with E-state index in [0.717, 1.165) is 29.7 Å². The Morgan fingerprint density at radius 2 is 1.67 bits per heavy atom. The molecule has 0 bridgehead atoms. The first-order valence-electron chi connectivity index (χ1n) is 16.6. The largest absolute Gasteiger partial charge is 0.396 e. The van der Waals surface area contributed by atoms with Crippen molar-refractivity contribution < 1.29 is 37.0 Å². The van der Waals surface area contributed by atoms with E-state index in [1.165, 1.54) is 12.2 Å². The lowest BCUT2D eigenvalue weighted by atomic mass is 9.64. The molecular formula is C36H49F2N3O6S. The zero-order chi connectivity index (χ0) is 35.5. The Kier molecular flexibility index (Phi) is 14.5. The summed E-state index contributed by atoms with van der Waals surface area (Å²) >= 11 is 0. The van der Waals surface area contributed by atoms with Gasteiger partial charge in [0.05, 0.1) is 22.2 Å². The normalized spacial score (nSPS) is 17.7. The van der Waals surface area contributed by atoms with Gasteiger partial charge >= 0.3 is 0 Å². The summed E-state index contributed by atoms with van der Waals surface area (Å²) in [5.41, 5.74) is 6.39. The van der Waals surface area contributed by atoms with Crippen LogP contribution in [-0.2, 0) is 38.8 Å². The van der Waals surface area contributed by atoms with Gasteiger partial charge in [-0.2, -0.15) is 0 Å². The fourth-order valence-electron chi connectivity index (χ4n) is 6.32. The van der Waals surface area contributed by atoms with Gasteiger partial charge in [-0.05, 0) is 79.5 Å². The lowest BCUT2D eigenvalue weighted by molar-refractivity contribution is -0.132. The second-order valence-electron chi connectivity index (χ2n) is 12.4. The molecule has 3 rings (SSSR count). The van der Waals surface area contributed by atoms with Crippen LogP contribution in [0.15, 0.2) is 65.1 Å². The Morgan fingerprint density at radius 3 is 2.25 bits per heavy atom. The topological polar surface area (TPSA) is 150 Å². The molecule has 5 N–H and O–H groups in total. The van der Waals surface area contributed by atoms with E-state index in [1.54, 1.807) is 4.90 Å². The number of primary amides is 1. The van der Waals surface area contributed by atoms with Crippen molar-refractivity contribution in [2.24, 2.45) is 17.1 Å².